The number of aromatic nitrogens is 2. The summed E-state index contributed by atoms with van der Waals surface area (Å²) in [6, 6.07) is 13.4. The number of hydrogen-bond donors (Lipinski definition) is 1. The van der Waals surface area contributed by atoms with E-state index in [4.69, 9.17) is 11.6 Å². The van der Waals surface area contributed by atoms with Crippen LogP contribution in [0.3, 0.4) is 0 Å². The van der Waals surface area contributed by atoms with E-state index in [-0.39, 0.29) is 13.1 Å². The Morgan fingerprint density at radius 3 is 2.62 bits per heavy atom. The maximum Gasteiger partial charge on any atom is 0.332 e. The van der Waals surface area contributed by atoms with Gasteiger partial charge in [0.05, 0.1) is 10.9 Å². The van der Waals surface area contributed by atoms with Crippen molar-refractivity contribution in [1.82, 2.24) is 9.13 Å². The predicted octanol–water partition coefficient (Wildman–Crippen LogP) is 2.64. The molecule has 1 N–H and O–H groups in total. The van der Waals surface area contributed by atoms with Crippen LogP contribution in [0, 0.1) is 0 Å². The average Bonchev–Trinajstić information content (AvgIpc) is 2.62. The van der Waals surface area contributed by atoms with Gasteiger partial charge in [-0.05, 0) is 30.3 Å². The topological polar surface area (TPSA) is 73.1 Å². The Kier molecular flexibility index (Phi) is 5.04. The molecular weight excluding hydrogens is 354 g/mol. The van der Waals surface area contributed by atoms with Gasteiger partial charge in [0.1, 0.15) is 6.54 Å². The Morgan fingerprint density at radius 1 is 1.12 bits per heavy atom. The molecule has 0 spiro atoms. The maximum absolute atomic E-state index is 12.7. The summed E-state index contributed by atoms with van der Waals surface area (Å²) in [6.07, 6.45) is 1.47. The Morgan fingerprint density at radius 2 is 1.88 bits per heavy atom. The van der Waals surface area contributed by atoms with E-state index in [1.165, 1.54) is 10.6 Å². The molecule has 7 heteroatoms. The molecule has 132 valence electrons. The van der Waals surface area contributed by atoms with E-state index < -0.39 is 17.2 Å². The molecule has 0 fully saturated rings. The van der Waals surface area contributed by atoms with Crippen molar-refractivity contribution in [3.05, 3.63) is 87.0 Å². The van der Waals surface area contributed by atoms with E-state index in [0.717, 1.165) is 4.57 Å². The molecule has 6 nitrogen and oxygen atoms in total. The molecule has 1 amide bonds. The number of anilines is 1. The Balaban J connectivity index is 2.04. The summed E-state index contributed by atoms with van der Waals surface area (Å²) in [5.74, 6) is -0.400. The molecule has 0 bridgehead atoms. The van der Waals surface area contributed by atoms with Crippen LogP contribution >= 0.6 is 11.6 Å². The minimum absolute atomic E-state index is 0.0679. The second kappa shape index (κ2) is 7.41. The van der Waals surface area contributed by atoms with Gasteiger partial charge in [0.15, 0.2) is 0 Å². The van der Waals surface area contributed by atoms with Gasteiger partial charge >= 0.3 is 5.69 Å². The summed E-state index contributed by atoms with van der Waals surface area (Å²) in [7, 11) is 0. The second-order valence-electron chi connectivity index (χ2n) is 5.65. The van der Waals surface area contributed by atoms with Gasteiger partial charge in [0, 0.05) is 17.3 Å². The lowest BCUT2D eigenvalue weighted by atomic mass is 10.2. The van der Waals surface area contributed by atoms with Crippen molar-refractivity contribution >= 4 is 34.1 Å². The molecule has 0 saturated carbocycles. The molecule has 0 saturated heterocycles. The molecule has 0 radical (unpaired) electrons. The first kappa shape index (κ1) is 17.7. The SMILES string of the molecule is C=CCn1c(=O)c2ccccc2n(CC(=O)Nc2cccc(Cl)c2)c1=O. The van der Waals surface area contributed by atoms with Crippen LogP contribution < -0.4 is 16.6 Å². The Hall–Kier alpha value is -3.12. The molecule has 26 heavy (non-hydrogen) atoms. The third-order valence-electron chi connectivity index (χ3n) is 3.85. The highest BCUT2D eigenvalue weighted by atomic mass is 35.5. The van der Waals surface area contributed by atoms with Crippen LogP contribution in [0.4, 0.5) is 5.69 Å². The van der Waals surface area contributed by atoms with E-state index in [9.17, 15) is 14.4 Å². The van der Waals surface area contributed by atoms with Crippen molar-refractivity contribution in [2.45, 2.75) is 13.1 Å². The van der Waals surface area contributed by atoms with E-state index in [1.807, 2.05) is 0 Å². The number of fused-ring (bicyclic) bond motifs is 1. The summed E-state index contributed by atoms with van der Waals surface area (Å²) in [5.41, 5.74) is -0.0323. The number of amides is 1. The zero-order valence-corrected chi connectivity index (χ0v) is 14.6. The zero-order chi connectivity index (χ0) is 18.7. The molecule has 1 heterocycles. The zero-order valence-electron chi connectivity index (χ0n) is 13.8. The molecule has 0 aliphatic rings. The molecule has 3 aromatic rings. The minimum atomic E-state index is -0.560. The first-order chi connectivity index (χ1) is 12.5. The van der Waals surface area contributed by atoms with Crippen molar-refractivity contribution in [1.29, 1.82) is 0 Å². The van der Waals surface area contributed by atoms with Crippen LogP contribution in [0.2, 0.25) is 5.02 Å². The number of nitrogens with zero attached hydrogens (tertiary/aromatic N) is 2. The number of rotatable bonds is 5. The van der Waals surface area contributed by atoms with Crippen LogP contribution in [0.1, 0.15) is 0 Å². The highest BCUT2D eigenvalue weighted by Gasteiger charge is 2.14. The van der Waals surface area contributed by atoms with Crippen LogP contribution in [-0.2, 0) is 17.9 Å². The molecule has 0 atom stereocenters. The lowest BCUT2D eigenvalue weighted by Crippen LogP contribution is -2.41. The highest BCUT2D eigenvalue weighted by Crippen LogP contribution is 2.15. The number of carbonyl (C=O) groups excluding carboxylic acids is 1. The number of benzene rings is 2. The summed E-state index contributed by atoms with van der Waals surface area (Å²) >= 11 is 5.91. The maximum atomic E-state index is 12.7. The lowest BCUT2D eigenvalue weighted by Gasteiger charge is -2.13. The summed E-state index contributed by atoms with van der Waals surface area (Å²) < 4.78 is 2.34. The number of halogens is 1. The first-order valence-electron chi connectivity index (χ1n) is 7.90. The quantitative estimate of drug-likeness (QED) is 0.703. The lowest BCUT2D eigenvalue weighted by molar-refractivity contribution is -0.116. The Labute approximate surface area is 154 Å². The van der Waals surface area contributed by atoms with Crippen molar-refractivity contribution < 1.29 is 4.79 Å². The third-order valence-corrected chi connectivity index (χ3v) is 4.09. The van der Waals surface area contributed by atoms with Gasteiger partial charge in [-0.25, -0.2) is 4.79 Å². The van der Waals surface area contributed by atoms with Crippen LogP contribution in [0.5, 0.6) is 0 Å². The standard InChI is InChI=1S/C19H16ClN3O3/c1-2-10-22-18(25)15-8-3-4-9-16(15)23(19(22)26)12-17(24)21-14-7-5-6-13(20)11-14/h2-9,11H,1,10,12H2,(H,21,24). The smallest absolute Gasteiger partial charge is 0.324 e. The fourth-order valence-corrected chi connectivity index (χ4v) is 2.91. The van der Waals surface area contributed by atoms with Crippen molar-refractivity contribution in [3.63, 3.8) is 0 Å². The Bertz CT molecular complexity index is 1110. The van der Waals surface area contributed by atoms with E-state index >= 15 is 0 Å². The highest BCUT2D eigenvalue weighted by molar-refractivity contribution is 6.30. The summed E-state index contributed by atoms with van der Waals surface area (Å²) in [5, 5.41) is 3.55. The second-order valence-corrected chi connectivity index (χ2v) is 6.09. The van der Waals surface area contributed by atoms with Gasteiger partial charge in [-0.15, -0.1) is 6.58 Å². The molecule has 0 aliphatic carbocycles. The summed E-state index contributed by atoms with van der Waals surface area (Å²) in [6.45, 7) is 3.41. The normalized spacial score (nSPS) is 10.7. The molecule has 0 unspecified atom stereocenters. The summed E-state index contributed by atoms with van der Waals surface area (Å²) in [4.78, 5) is 37.6. The van der Waals surface area contributed by atoms with Crippen LogP contribution in [0.25, 0.3) is 10.9 Å². The van der Waals surface area contributed by atoms with Crippen LogP contribution in [0.15, 0.2) is 70.8 Å². The molecule has 0 aliphatic heterocycles. The van der Waals surface area contributed by atoms with Gasteiger partial charge < -0.3 is 5.32 Å². The first-order valence-corrected chi connectivity index (χ1v) is 8.27. The fraction of sp³-hybridized carbons (Fsp3) is 0.105. The van der Waals surface area contributed by atoms with Gasteiger partial charge in [-0.2, -0.15) is 0 Å². The average molecular weight is 370 g/mol. The number of nitrogens with one attached hydrogen (secondary N) is 1. The molecule has 3 rings (SSSR count). The minimum Gasteiger partial charge on any atom is -0.324 e. The van der Waals surface area contributed by atoms with Crippen LogP contribution in [-0.4, -0.2) is 15.0 Å². The van der Waals surface area contributed by atoms with Gasteiger partial charge in [-0.1, -0.05) is 35.9 Å². The largest absolute Gasteiger partial charge is 0.332 e. The third kappa shape index (κ3) is 3.45. The molecular formula is C19H16ClN3O3. The van der Waals surface area contributed by atoms with Crippen molar-refractivity contribution in [2.75, 3.05) is 5.32 Å². The van der Waals surface area contributed by atoms with Gasteiger partial charge in [-0.3, -0.25) is 18.7 Å². The predicted molar refractivity (Wildman–Crippen MR) is 103 cm³/mol. The molecule has 1 aromatic heterocycles. The van der Waals surface area contributed by atoms with Gasteiger partial charge in [0.25, 0.3) is 5.56 Å². The number of hydrogen-bond acceptors (Lipinski definition) is 3. The van der Waals surface area contributed by atoms with Gasteiger partial charge in [0.2, 0.25) is 5.91 Å². The van der Waals surface area contributed by atoms with Crippen molar-refractivity contribution in [3.8, 4) is 0 Å². The van der Waals surface area contributed by atoms with Crippen molar-refractivity contribution in [2.24, 2.45) is 0 Å². The number of para-hydroxylation sites is 1. The number of carbonyl (C=O) groups is 1. The van der Waals surface area contributed by atoms with E-state index in [0.29, 0.717) is 21.6 Å². The molecule has 2 aromatic carbocycles. The van der Waals surface area contributed by atoms with E-state index in [1.54, 1.807) is 48.5 Å². The fourth-order valence-electron chi connectivity index (χ4n) is 2.72. The number of allylic oxidation sites excluding steroid dienone is 1. The van der Waals surface area contributed by atoms with E-state index in [2.05, 4.69) is 11.9 Å². The monoisotopic (exact) mass is 369 g/mol.